The Kier molecular flexibility index (Phi) is 1.64. The van der Waals surface area contributed by atoms with Crippen LogP contribution in [0.15, 0.2) is 0 Å². The molecule has 0 heterocycles. The van der Waals surface area contributed by atoms with E-state index in [0.717, 1.165) is 0 Å². The Labute approximate surface area is 39.4 Å². The molecule has 0 radical (unpaired) electrons. The molecule has 0 aromatic heterocycles. The highest BCUT2D eigenvalue weighted by Gasteiger charge is 2.11. The van der Waals surface area contributed by atoms with Crippen molar-refractivity contribution in [2.24, 2.45) is 5.84 Å². The predicted octanol–water partition coefficient (Wildman–Crippen LogP) is -1.23. The Balaban J connectivity index is 4.10. The van der Waals surface area contributed by atoms with Crippen LogP contribution in [0.1, 0.15) is 0 Å². The van der Waals surface area contributed by atoms with Gasteiger partial charge in [0.2, 0.25) is 0 Å². The molecule has 0 aliphatic heterocycles. The van der Waals surface area contributed by atoms with Gasteiger partial charge in [-0.1, -0.05) is 3.89 Å². The molecule has 0 rings (SSSR count). The largest absolute Gasteiger partial charge is 0.411 e. The van der Waals surface area contributed by atoms with Gasteiger partial charge < -0.3 is 0 Å². The third-order valence-corrected chi connectivity index (χ3v) is 0.670. The van der Waals surface area contributed by atoms with Crippen molar-refractivity contribution in [1.29, 1.82) is 0 Å². The van der Waals surface area contributed by atoms with E-state index in [1.54, 1.807) is 0 Å². The van der Waals surface area contributed by atoms with E-state index in [1.165, 1.54) is 0 Å². The maximum absolute atomic E-state index is 11.0. The normalized spacial score (nSPS) is 12.6. The van der Waals surface area contributed by atoms with E-state index in [9.17, 15) is 12.3 Å². The molecular formula is H3FN2O3S. The molecule has 0 spiro atoms. The molecule has 0 saturated heterocycles. The number of hydrazine groups is 1. The van der Waals surface area contributed by atoms with Crippen molar-refractivity contribution in [2.75, 3.05) is 0 Å². The van der Waals surface area contributed by atoms with Crippen LogP contribution in [0.5, 0.6) is 0 Å². The first-order valence-electron chi connectivity index (χ1n) is 1.13. The van der Waals surface area contributed by atoms with Gasteiger partial charge in [-0.25, -0.2) is 5.84 Å². The highest BCUT2D eigenvalue weighted by Crippen LogP contribution is 1.87. The van der Waals surface area contributed by atoms with E-state index < -0.39 is 15.0 Å². The van der Waals surface area contributed by atoms with Crippen molar-refractivity contribution < 1.29 is 17.5 Å². The quantitative estimate of drug-likeness (QED) is 0.264. The topological polar surface area (TPSA) is 83.6 Å². The van der Waals surface area contributed by atoms with Crippen molar-refractivity contribution in [3.63, 3.8) is 0 Å². The predicted molar refractivity (Wildman–Crippen MR) is 17.8 cm³/mol. The molecule has 0 aromatic rings. The van der Waals surface area contributed by atoms with Crippen LogP contribution in [0.2, 0.25) is 0 Å². The van der Waals surface area contributed by atoms with E-state index in [1.807, 2.05) is 0 Å². The van der Waals surface area contributed by atoms with Crippen LogP contribution in [0.4, 0.5) is 3.89 Å². The van der Waals surface area contributed by atoms with Crippen LogP contribution >= 0.6 is 0 Å². The zero-order valence-electron chi connectivity index (χ0n) is 3.07. The van der Waals surface area contributed by atoms with Gasteiger partial charge in [0.05, 0.1) is 0 Å². The molecule has 0 amide bonds. The van der Waals surface area contributed by atoms with Gasteiger partial charge >= 0.3 is 10.4 Å². The molecule has 0 atom stereocenters. The van der Waals surface area contributed by atoms with Crippen molar-refractivity contribution in [2.45, 2.75) is 0 Å². The summed E-state index contributed by atoms with van der Waals surface area (Å²) in [7, 11) is -5.07. The van der Waals surface area contributed by atoms with E-state index in [4.69, 9.17) is 5.21 Å². The van der Waals surface area contributed by atoms with Crippen molar-refractivity contribution in [3.05, 3.63) is 0 Å². The second kappa shape index (κ2) is 1.70. The lowest BCUT2D eigenvalue weighted by Gasteiger charge is -1.95. The van der Waals surface area contributed by atoms with Crippen LogP contribution in [0, 0.1) is 0 Å². The van der Waals surface area contributed by atoms with E-state index in [-0.39, 0.29) is 0 Å². The minimum absolute atomic E-state index is 1.01. The third-order valence-electron chi connectivity index (χ3n) is 0.223. The summed E-state index contributed by atoms with van der Waals surface area (Å²) >= 11 is 0. The molecule has 3 N–H and O–H groups in total. The summed E-state index contributed by atoms with van der Waals surface area (Å²) in [5.74, 6) is 4.00. The van der Waals surface area contributed by atoms with Gasteiger partial charge in [0.25, 0.3) is 0 Å². The number of rotatable bonds is 1. The molecule has 0 fully saturated rings. The molecule has 44 valence electrons. The summed E-state index contributed by atoms with van der Waals surface area (Å²) in [5, 5.41) is 7.54. The molecule has 0 bridgehead atoms. The lowest BCUT2D eigenvalue weighted by Crippen LogP contribution is -2.30. The van der Waals surface area contributed by atoms with Crippen LogP contribution in [-0.4, -0.2) is 18.2 Å². The molecule has 0 aliphatic carbocycles. The molecule has 0 aliphatic rings. The monoisotopic (exact) mass is 130 g/mol. The van der Waals surface area contributed by atoms with Gasteiger partial charge in [0, 0.05) is 4.58 Å². The van der Waals surface area contributed by atoms with E-state index >= 15 is 0 Å². The minimum Gasteiger partial charge on any atom is -0.284 e. The summed E-state index contributed by atoms with van der Waals surface area (Å²) in [5.41, 5.74) is 0. The van der Waals surface area contributed by atoms with Crippen molar-refractivity contribution in [3.8, 4) is 0 Å². The summed E-state index contributed by atoms with van der Waals surface area (Å²) < 4.78 is 28.5. The summed E-state index contributed by atoms with van der Waals surface area (Å²) in [6.07, 6.45) is 0. The van der Waals surface area contributed by atoms with Crippen molar-refractivity contribution >= 4 is 10.4 Å². The number of hydrogen-bond donors (Lipinski definition) is 2. The lowest BCUT2D eigenvalue weighted by molar-refractivity contribution is -0.00321. The maximum atomic E-state index is 11.0. The van der Waals surface area contributed by atoms with E-state index in [0.29, 0.717) is 0 Å². The van der Waals surface area contributed by atoms with Gasteiger partial charge in [-0.2, -0.15) is 8.42 Å². The number of nitrogens with two attached hydrogens (primary N) is 1. The number of hydrogen-bond acceptors (Lipinski definition) is 4. The molecule has 7 heteroatoms. The fourth-order valence-corrected chi connectivity index (χ4v) is 0. The highest BCUT2D eigenvalue weighted by atomic mass is 32.3. The average Bonchev–Trinajstić information content (AvgIpc) is 1.31. The maximum Gasteiger partial charge on any atom is 0.411 e. The summed E-state index contributed by atoms with van der Waals surface area (Å²) in [6, 6.07) is 0. The number of halogens is 1. The SMILES string of the molecule is NN(O)S(=O)(=O)F. The summed E-state index contributed by atoms with van der Waals surface area (Å²) in [6.45, 7) is 0. The molecule has 0 aromatic carbocycles. The van der Waals surface area contributed by atoms with E-state index in [2.05, 4.69) is 5.84 Å². The first-order valence-corrected chi connectivity index (χ1v) is 2.47. The fraction of sp³-hybridized carbons (Fsp3) is 0. The van der Waals surface area contributed by atoms with Crippen molar-refractivity contribution in [1.82, 2.24) is 4.58 Å². The average molecular weight is 130 g/mol. The second-order valence-corrected chi connectivity index (χ2v) is 1.91. The second-order valence-electron chi connectivity index (χ2n) is 0.715. The first-order chi connectivity index (χ1) is 2.94. The molecular weight excluding hydrogens is 127 g/mol. The van der Waals surface area contributed by atoms with Crippen LogP contribution in [-0.2, 0) is 10.4 Å². The molecule has 5 nitrogen and oxygen atoms in total. The Morgan fingerprint density at radius 1 is 1.71 bits per heavy atom. The zero-order chi connectivity index (χ0) is 6.08. The standard InChI is InChI=1S/FH3N2O3S/c1-7(5,6)3(2)4/h4H,2H2. The lowest BCUT2D eigenvalue weighted by atomic mass is 12.8. The van der Waals surface area contributed by atoms with Gasteiger partial charge in [0.15, 0.2) is 0 Å². The third kappa shape index (κ3) is 2.45. The Morgan fingerprint density at radius 3 is 1.86 bits per heavy atom. The number of nitrogens with zero attached hydrogens (tertiary/aromatic N) is 1. The zero-order valence-corrected chi connectivity index (χ0v) is 3.89. The minimum atomic E-state index is -5.07. The highest BCUT2D eigenvalue weighted by molar-refractivity contribution is 7.83. The Bertz CT molecular complexity index is 135. The Hall–Kier alpha value is -0.240. The van der Waals surface area contributed by atoms with Crippen LogP contribution in [0.25, 0.3) is 0 Å². The van der Waals surface area contributed by atoms with Gasteiger partial charge in [-0.15, -0.1) is 0 Å². The smallest absolute Gasteiger partial charge is 0.284 e. The summed E-state index contributed by atoms with van der Waals surface area (Å²) in [4.78, 5) is 0. The molecule has 0 saturated carbocycles. The molecule has 0 unspecified atom stereocenters. The fourth-order valence-electron chi connectivity index (χ4n) is 0. The Morgan fingerprint density at radius 2 is 1.86 bits per heavy atom. The van der Waals surface area contributed by atoms with Crippen LogP contribution in [0.3, 0.4) is 0 Å². The van der Waals surface area contributed by atoms with Gasteiger partial charge in [-0.3, -0.25) is 5.21 Å². The molecule has 7 heavy (non-hydrogen) atoms. The van der Waals surface area contributed by atoms with Gasteiger partial charge in [-0.05, 0) is 0 Å². The first kappa shape index (κ1) is 6.76. The van der Waals surface area contributed by atoms with Gasteiger partial charge in [0.1, 0.15) is 0 Å². The van der Waals surface area contributed by atoms with Crippen LogP contribution < -0.4 is 5.84 Å².